The Morgan fingerprint density at radius 1 is 0.275 bits per heavy atom. The van der Waals surface area contributed by atoms with Crippen LogP contribution in [0.25, 0.3) is 105 Å². The fourth-order valence-corrected chi connectivity index (χ4v) is 10.3. The van der Waals surface area contributed by atoms with Gasteiger partial charge in [-0.05, 0) is 105 Å². The van der Waals surface area contributed by atoms with Crippen LogP contribution in [0, 0.1) is 0 Å². The third-order valence-corrected chi connectivity index (χ3v) is 13.7. The van der Waals surface area contributed by atoms with Crippen LogP contribution < -0.4 is 4.90 Å². The van der Waals surface area contributed by atoms with Crippen LogP contribution in [0.2, 0.25) is 0 Å². The van der Waals surface area contributed by atoms with Crippen molar-refractivity contribution in [1.82, 2.24) is 4.57 Å². The number of fused-ring (bicyclic) bond motifs is 6. The van der Waals surface area contributed by atoms with Crippen molar-refractivity contribution in [2.75, 3.05) is 4.90 Å². The van der Waals surface area contributed by atoms with Gasteiger partial charge in [0.25, 0.3) is 0 Å². The second kappa shape index (κ2) is 16.9. The minimum absolute atomic E-state index is 0.909. The van der Waals surface area contributed by atoms with Gasteiger partial charge in [-0.25, -0.2) is 0 Å². The van der Waals surface area contributed by atoms with Crippen LogP contribution in [0.3, 0.4) is 0 Å². The number of para-hydroxylation sites is 5. The Hall–Kier alpha value is -9.18. The largest absolute Gasteiger partial charge is 0.455 e. The predicted molar refractivity (Wildman–Crippen MR) is 290 cm³/mol. The monoisotopic (exact) mass is 880 g/mol. The molecule has 0 aliphatic rings. The van der Waals surface area contributed by atoms with E-state index in [1.165, 1.54) is 44.1 Å². The average molecular weight is 881 g/mol. The summed E-state index contributed by atoms with van der Waals surface area (Å²) in [6, 6.07) is 96.0. The molecule has 0 radical (unpaired) electrons. The van der Waals surface area contributed by atoms with Crippen molar-refractivity contribution in [2.24, 2.45) is 0 Å². The summed E-state index contributed by atoms with van der Waals surface area (Å²) >= 11 is 0. The molecule has 0 atom stereocenters. The molecule has 2 heterocycles. The second-order valence-corrected chi connectivity index (χ2v) is 17.7. The lowest BCUT2D eigenvalue weighted by Crippen LogP contribution is -2.10. The maximum absolute atomic E-state index is 6.39. The van der Waals surface area contributed by atoms with Crippen molar-refractivity contribution >= 4 is 60.8 Å². The Morgan fingerprint density at radius 3 is 1.33 bits per heavy atom. The molecule has 0 aliphatic carbocycles. The number of hydrogen-bond donors (Lipinski definition) is 0. The maximum atomic E-state index is 6.39. The molecule has 13 aromatic rings. The van der Waals surface area contributed by atoms with Crippen molar-refractivity contribution in [3.63, 3.8) is 0 Å². The summed E-state index contributed by atoms with van der Waals surface area (Å²) in [6.07, 6.45) is 0. The lowest BCUT2D eigenvalue weighted by Gasteiger charge is -2.27. The Labute approximate surface area is 401 Å². The molecule has 0 unspecified atom stereocenters. The molecule has 0 spiro atoms. The van der Waals surface area contributed by atoms with Gasteiger partial charge in [-0.2, -0.15) is 0 Å². The van der Waals surface area contributed by atoms with Gasteiger partial charge in [0.15, 0.2) is 0 Å². The summed E-state index contributed by atoms with van der Waals surface area (Å²) in [4.78, 5) is 2.37. The highest BCUT2D eigenvalue weighted by atomic mass is 16.3. The van der Waals surface area contributed by atoms with Gasteiger partial charge >= 0.3 is 0 Å². The zero-order valence-electron chi connectivity index (χ0n) is 37.7. The number of rotatable bonds is 9. The van der Waals surface area contributed by atoms with Gasteiger partial charge in [0, 0.05) is 49.7 Å². The molecule has 0 aliphatic heterocycles. The summed E-state index contributed by atoms with van der Waals surface area (Å²) in [5.41, 5.74) is 20.2. The quantitative estimate of drug-likeness (QED) is 0.144. The Kier molecular flexibility index (Phi) is 9.84. The average Bonchev–Trinajstić information content (AvgIpc) is 3.98. The minimum atomic E-state index is 0.909. The molecule has 3 nitrogen and oxygen atoms in total. The summed E-state index contributed by atoms with van der Waals surface area (Å²) in [6.45, 7) is 0. The van der Waals surface area contributed by atoms with E-state index in [0.29, 0.717) is 0 Å². The molecule has 69 heavy (non-hydrogen) atoms. The number of aromatic nitrogens is 1. The third-order valence-electron chi connectivity index (χ3n) is 13.7. The summed E-state index contributed by atoms with van der Waals surface area (Å²) in [5.74, 6) is 0. The molecule has 0 fully saturated rings. The predicted octanol–water partition coefficient (Wildman–Crippen LogP) is 18.5. The van der Waals surface area contributed by atoms with Gasteiger partial charge in [-0.1, -0.05) is 206 Å². The number of nitrogens with zero attached hydrogens (tertiary/aromatic N) is 2. The highest BCUT2D eigenvalue weighted by Gasteiger charge is 2.19. The highest BCUT2D eigenvalue weighted by molar-refractivity contribution is 6.11. The van der Waals surface area contributed by atoms with Crippen LogP contribution in [-0.2, 0) is 0 Å². The topological polar surface area (TPSA) is 21.3 Å². The van der Waals surface area contributed by atoms with Crippen molar-refractivity contribution in [1.29, 1.82) is 0 Å². The normalized spacial score (nSPS) is 11.5. The first kappa shape index (κ1) is 40.1. The lowest BCUT2D eigenvalue weighted by molar-refractivity contribution is 0.670. The zero-order valence-corrected chi connectivity index (χ0v) is 37.7. The minimum Gasteiger partial charge on any atom is -0.455 e. The van der Waals surface area contributed by atoms with Gasteiger partial charge in [0.05, 0.1) is 16.7 Å². The molecule has 0 bridgehead atoms. The smallest absolute Gasteiger partial charge is 0.143 e. The fraction of sp³-hybridized carbons (Fsp3) is 0. The van der Waals surface area contributed by atoms with Crippen molar-refractivity contribution in [2.45, 2.75) is 0 Å². The summed E-state index contributed by atoms with van der Waals surface area (Å²) in [5, 5.41) is 4.77. The molecule has 0 saturated heterocycles. The van der Waals surface area contributed by atoms with E-state index in [9.17, 15) is 0 Å². The van der Waals surface area contributed by atoms with Crippen LogP contribution in [0.5, 0.6) is 0 Å². The van der Waals surface area contributed by atoms with E-state index in [4.69, 9.17) is 4.42 Å². The van der Waals surface area contributed by atoms with E-state index in [1.807, 2.05) is 12.1 Å². The third kappa shape index (κ3) is 7.16. The molecule has 0 saturated carbocycles. The van der Waals surface area contributed by atoms with E-state index in [2.05, 4.69) is 264 Å². The first-order valence-electron chi connectivity index (χ1n) is 23.6. The Bertz CT molecular complexity index is 3920. The molecular formula is C66H44N2O. The van der Waals surface area contributed by atoms with Gasteiger partial charge in [-0.15, -0.1) is 0 Å². The van der Waals surface area contributed by atoms with Crippen LogP contribution in [-0.4, -0.2) is 4.57 Å². The summed E-state index contributed by atoms with van der Waals surface area (Å²) in [7, 11) is 0. The first-order valence-corrected chi connectivity index (χ1v) is 23.6. The molecule has 0 amide bonds. The van der Waals surface area contributed by atoms with Crippen LogP contribution in [0.15, 0.2) is 271 Å². The summed E-state index contributed by atoms with van der Waals surface area (Å²) < 4.78 is 8.81. The SMILES string of the molecule is c1ccc(-c2ccc(-c3ccc(N(c4ccc(-c5ccc(-c6cccc7c6oc6ccccc67)cc5)cc4)c4cccc(-c5ccccc5-n5c6ccccc6c6ccccc65)c4)cc3)cc2)cc1. The number of anilines is 3. The van der Waals surface area contributed by atoms with Crippen molar-refractivity contribution < 1.29 is 4.42 Å². The fourth-order valence-electron chi connectivity index (χ4n) is 10.3. The van der Waals surface area contributed by atoms with E-state index < -0.39 is 0 Å². The molecule has 13 rings (SSSR count). The van der Waals surface area contributed by atoms with Crippen LogP contribution >= 0.6 is 0 Å². The van der Waals surface area contributed by atoms with Crippen LogP contribution in [0.4, 0.5) is 17.1 Å². The Balaban J connectivity index is 0.875. The molecule has 2 aromatic heterocycles. The molecular weight excluding hydrogens is 837 g/mol. The standard InChI is InChI=1S/C66H44N2O/c1-2-14-45(15-3-1)46-28-30-47(31-29-46)49-36-40-53(41-37-49)67(54-42-38-50(39-43-54)48-32-34-51(35-33-48)57-22-13-23-61-60-21-7-11-27-65(60)69-66(57)61)55-17-12-16-52(44-55)56-18-4-8-24-62(56)68-63-25-9-5-19-58(63)59-20-6-10-26-64(59)68/h1-44H. The van der Waals surface area contributed by atoms with Crippen molar-refractivity contribution in [3.8, 4) is 61.3 Å². The highest BCUT2D eigenvalue weighted by Crippen LogP contribution is 2.42. The molecule has 324 valence electrons. The molecule has 3 heteroatoms. The zero-order chi connectivity index (χ0) is 45.7. The lowest BCUT2D eigenvalue weighted by atomic mass is 9.98. The van der Waals surface area contributed by atoms with E-state index >= 15 is 0 Å². The number of hydrogen-bond acceptors (Lipinski definition) is 2. The molecule has 11 aromatic carbocycles. The maximum Gasteiger partial charge on any atom is 0.143 e. The number of benzene rings is 11. The van der Waals surface area contributed by atoms with E-state index in [-0.39, 0.29) is 0 Å². The van der Waals surface area contributed by atoms with Gasteiger partial charge in [0.1, 0.15) is 11.2 Å². The first-order chi connectivity index (χ1) is 34.2. The Morgan fingerprint density at radius 2 is 0.710 bits per heavy atom. The second-order valence-electron chi connectivity index (χ2n) is 17.7. The van der Waals surface area contributed by atoms with Gasteiger partial charge in [0.2, 0.25) is 0 Å². The van der Waals surface area contributed by atoms with Gasteiger partial charge < -0.3 is 13.9 Å². The number of furan rings is 1. The van der Waals surface area contributed by atoms with Gasteiger partial charge in [-0.3, -0.25) is 0 Å². The van der Waals surface area contributed by atoms with Crippen molar-refractivity contribution in [3.05, 3.63) is 267 Å². The van der Waals surface area contributed by atoms with E-state index in [0.717, 1.165) is 78.1 Å². The molecule has 0 N–H and O–H groups in total. The van der Waals surface area contributed by atoms with E-state index in [1.54, 1.807) is 0 Å². The van der Waals surface area contributed by atoms with Crippen LogP contribution in [0.1, 0.15) is 0 Å².